The van der Waals surface area contributed by atoms with Gasteiger partial charge in [-0.2, -0.15) is 0 Å². The minimum absolute atomic E-state index is 0.0793. The Morgan fingerprint density at radius 2 is 2.25 bits per heavy atom. The molecule has 0 spiro atoms. The minimum Gasteiger partial charge on any atom is -0.492 e. The highest BCUT2D eigenvalue weighted by atomic mass is 79.9. The van der Waals surface area contributed by atoms with Crippen molar-refractivity contribution in [1.29, 1.82) is 0 Å². The van der Waals surface area contributed by atoms with E-state index in [1.54, 1.807) is 0 Å². The van der Waals surface area contributed by atoms with Gasteiger partial charge in [0.2, 0.25) is 0 Å². The number of ketones is 1. The Labute approximate surface area is 56.7 Å². The average Bonchev–Trinajstić information content (AvgIpc) is 1.69. The topological polar surface area (TPSA) is 26.3 Å². The van der Waals surface area contributed by atoms with Crippen LogP contribution in [0.1, 0.15) is 6.92 Å². The zero-order valence-corrected chi connectivity index (χ0v) is 6.36. The Kier molecular flexibility index (Phi) is 3.52. The van der Waals surface area contributed by atoms with Crippen LogP contribution in [0.25, 0.3) is 0 Å². The number of rotatable bonds is 2. The zero-order valence-electron chi connectivity index (χ0n) is 4.77. The molecular formula is C5H7BrO2. The molecule has 0 aromatic heterocycles. The van der Waals surface area contributed by atoms with Crippen molar-refractivity contribution in [3.05, 3.63) is 10.7 Å². The monoisotopic (exact) mass is 178 g/mol. The van der Waals surface area contributed by atoms with Gasteiger partial charge in [-0.1, -0.05) is 15.9 Å². The third-order valence-corrected chi connectivity index (χ3v) is 1.08. The van der Waals surface area contributed by atoms with Crippen molar-refractivity contribution in [3.63, 3.8) is 0 Å². The van der Waals surface area contributed by atoms with Crippen LogP contribution in [0, 0.1) is 0 Å². The third kappa shape index (κ3) is 2.12. The molecule has 0 aliphatic rings. The molecule has 0 heterocycles. The maximum Gasteiger partial charge on any atom is 0.194 e. The van der Waals surface area contributed by atoms with Gasteiger partial charge in [-0.25, -0.2) is 0 Å². The first-order valence-electron chi connectivity index (χ1n) is 2.07. The zero-order chi connectivity index (χ0) is 6.57. The van der Waals surface area contributed by atoms with Gasteiger partial charge in [0.05, 0.1) is 7.11 Å². The number of allylic oxidation sites excluding steroid dienone is 1. The molecule has 0 aromatic rings. The van der Waals surface area contributed by atoms with Crippen LogP contribution >= 0.6 is 15.9 Å². The average molecular weight is 179 g/mol. The van der Waals surface area contributed by atoms with Crippen LogP contribution in [0.3, 0.4) is 0 Å². The van der Waals surface area contributed by atoms with Crippen LogP contribution in [-0.4, -0.2) is 12.9 Å². The molecule has 0 saturated carbocycles. The predicted molar refractivity (Wildman–Crippen MR) is 34.7 cm³/mol. The lowest BCUT2D eigenvalue weighted by Gasteiger charge is -1.95. The number of carbonyl (C=O) groups is 1. The molecule has 0 atom stereocenters. The van der Waals surface area contributed by atoms with Crippen LogP contribution in [-0.2, 0) is 9.53 Å². The molecule has 0 bridgehead atoms. The van der Waals surface area contributed by atoms with Crippen LogP contribution < -0.4 is 0 Å². The molecule has 8 heavy (non-hydrogen) atoms. The van der Waals surface area contributed by atoms with Gasteiger partial charge in [-0.15, -0.1) is 0 Å². The number of hydrogen-bond acceptors (Lipinski definition) is 2. The molecule has 0 aromatic carbocycles. The predicted octanol–water partition coefficient (Wildman–Crippen LogP) is 1.46. The van der Waals surface area contributed by atoms with Crippen molar-refractivity contribution >= 4 is 21.7 Å². The van der Waals surface area contributed by atoms with E-state index in [0.29, 0.717) is 5.76 Å². The number of methoxy groups -OCH3 is 1. The van der Waals surface area contributed by atoms with Gasteiger partial charge < -0.3 is 4.74 Å². The second kappa shape index (κ2) is 3.66. The van der Waals surface area contributed by atoms with Crippen molar-refractivity contribution in [2.24, 2.45) is 0 Å². The fourth-order valence-corrected chi connectivity index (χ4v) is 0.774. The third-order valence-electron chi connectivity index (χ3n) is 0.666. The van der Waals surface area contributed by atoms with E-state index in [2.05, 4.69) is 20.7 Å². The highest BCUT2D eigenvalue weighted by molar-refractivity contribution is 9.11. The Hall–Kier alpha value is -0.310. The minimum atomic E-state index is -0.0793. The number of carbonyl (C=O) groups excluding carboxylic acids is 1. The first-order valence-corrected chi connectivity index (χ1v) is 2.99. The van der Waals surface area contributed by atoms with E-state index in [4.69, 9.17) is 0 Å². The van der Waals surface area contributed by atoms with Gasteiger partial charge in [0.25, 0.3) is 0 Å². The van der Waals surface area contributed by atoms with Crippen LogP contribution in [0.2, 0.25) is 0 Å². The maximum absolute atomic E-state index is 10.4. The maximum atomic E-state index is 10.4. The SMILES string of the molecule is CO/C(=C\Br)C(C)=O. The van der Waals surface area contributed by atoms with Gasteiger partial charge in [-0.05, 0) is 0 Å². The standard InChI is InChI=1S/C5H7BrO2/c1-4(7)5(3-6)8-2/h3H,1-2H3/b5-3-. The lowest BCUT2D eigenvalue weighted by atomic mass is 10.4. The van der Waals surface area contributed by atoms with Crippen molar-refractivity contribution in [1.82, 2.24) is 0 Å². The molecule has 0 N–H and O–H groups in total. The summed E-state index contributed by atoms with van der Waals surface area (Å²) in [7, 11) is 1.45. The quantitative estimate of drug-likeness (QED) is 0.473. The second-order valence-corrected chi connectivity index (χ2v) is 1.69. The number of hydrogen-bond donors (Lipinski definition) is 0. The molecule has 3 heteroatoms. The summed E-state index contributed by atoms with van der Waals surface area (Å²) in [6, 6.07) is 0. The summed E-state index contributed by atoms with van der Waals surface area (Å²) in [6.45, 7) is 1.44. The Morgan fingerprint density at radius 3 is 2.25 bits per heavy atom. The fourth-order valence-electron chi connectivity index (χ4n) is 0.265. The van der Waals surface area contributed by atoms with E-state index in [1.807, 2.05) is 0 Å². The Bertz CT molecular complexity index is 118. The molecule has 0 radical (unpaired) electrons. The number of ether oxygens (including phenoxy) is 1. The van der Waals surface area contributed by atoms with E-state index in [-0.39, 0.29) is 5.78 Å². The summed E-state index contributed by atoms with van der Waals surface area (Å²) in [4.78, 5) is 11.8. The first kappa shape index (κ1) is 7.69. The van der Waals surface area contributed by atoms with Gasteiger partial charge in [-0.3, -0.25) is 4.79 Å². The summed E-state index contributed by atoms with van der Waals surface area (Å²) in [5.74, 6) is 0.259. The highest BCUT2D eigenvalue weighted by Crippen LogP contribution is 1.99. The second-order valence-electron chi connectivity index (χ2n) is 1.23. The highest BCUT2D eigenvalue weighted by Gasteiger charge is 1.98. The largest absolute Gasteiger partial charge is 0.492 e. The van der Waals surface area contributed by atoms with Crippen LogP contribution in [0.15, 0.2) is 10.7 Å². The van der Waals surface area contributed by atoms with E-state index < -0.39 is 0 Å². The van der Waals surface area contributed by atoms with Gasteiger partial charge in [0.15, 0.2) is 11.5 Å². The van der Waals surface area contributed by atoms with E-state index >= 15 is 0 Å². The normalized spacial score (nSPS) is 11.1. The molecule has 2 nitrogen and oxygen atoms in total. The van der Waals surface area contributed by atoms with Crippen molar-refractivity contribution < 1.29 is 9.53 Å². The fraction of sp³-hybridized carbons (Fsp3) is 0.400. The van der Waals surface area contributed by atoms with Crippen molar-refractivity contribution in [2.75, 3.05) is 7.11 Å². The number of halogens is 1. The molecule has 0 aliphatic heterocycles. The molecule has 0 rings (SSSR count). The molecule has 0 aliphatic carbocycles. The molecule has 0 saturated heterocycles. The molecule has 46 valence electrons. The smallest absolute Gasteiger partial charge is 0.194 e. The lowest BCUT2D eigenvalue weighted by Crippen LogP contribution is -1.96. The summed E-state index contributed by atoms with van der Waals surface area (Å²) >= 11 is 2.97. The molecule has 0 fully saturated rings. The van der Waals surface area contributed by atoms with E-state index in [0.717, 1.165) is 0 Å². The van der Waals surface area contributed by atoms with Gasteiger partial charge >= 0.3 is 0 Å². The first-order chi connectivity index (χ1) is 3.72. The summed E-state index contributed by atoms with van der Waals surface area (Å²) in [5, 5.41) is 0. The van der Waals surface area contributed by atoms with Crippen LogP contribution in [0.4, 0.5) is 0 Å². The molecule has 0 unspecified atom stereocenters. The van der Waals surface area contributed by atoms with Gasteiger partial charge in [0, 0.05) is 11.9 Å². The summed E-state index contributed by atoms with van der Waals surface area (Å²) in [5.41, 5.74) is 0. The summed E-state index contributed by atoms with van der Waals surface area (Å²) in [6.07, 6.45) is 0. The Balaban J connectivity index is 3.92. The van der Waals surface area contributed by atoms with E-state index in [9.17, 15) is 4.79 Å². The van der Waals surface area contributed by atoms with Crippen LogP contribution in [0.5, 0.6) is 0 Å². The van der Waals surface area contributed by atoms with Gasteiger partial charge in [0.1, 0.15) is 0 Å². The molecular weight excluding hydrogens is 172 g/mol. The van der Waals surface area contributed by atoms with E-state index in [1.165, 1.54) is 19.0 Å². The summed E-state index contributed by atoms with van der Waals surface area (Å²) < 4.78 is 4.63. The lowest BCUT2D eigenvalue weighted by molar-refractivity contribution is -0.116. The van der Waals surface area contributed by atoms with Crippen molar-refractivity contribution in [3.8, 4) is 0 Å². The number of Topliss-reactive ketones (excluding diaryl/α,β-unsaturated/α-hetero) is 1. The van der Waals surface area contributed by atoms with Crippen molar-refractivity contribution in [2.45, 2.75) is 6.92 Å². The Morgan fingerprint density at radius 1 is 1.75 bits per heavy atom. The molecule has 0 amide bonds.